The maximum absolute atomic E-state index is 11.6. The van der Waals surface area contributed by atoms with Crippen LogP contribution in [0.5, 0.6) is 0 Å². The molecule has 4 fully saturated rings. The molecule has 3 unspecified atom stereocenters. The lowest BCUT2D eigenvalue weighted by Gasteiger charge is -2.58. The van der Waals surface area contributed by atoms with Crippen LogP contribution in [0.15, 0.2) is 0 Å². The highest BCUT2D eigenvalue weighted by atomic mass is 16.4. The van der Waals surface area contributed by atoms with E-state index in [9.17, 15) is 14.7 Å². The van der Waals surface area contributed by atoms with Crippen molar-refractivity contribution in [1.82, 2.24) is 14.7 Å². The molecule has 1 aliphatic carbocycles. The zero-order valence-corrected chi connectivity index (χ0v) is 14.6. The van der Waals surface area contributed by atoms with Crippen LogP contribution in [0.25, 0.3) is 0 Å². The molecule has 4 aliphatic rings. The molecule has 1 N–H and O–H groups in total. The van der Waals surface area contributed by atoms with Gasteiger partial charge in [-0.3, -0.25) is 9.69 Å². The standard InChI is InChI=1S/C18H29N3O3/c1-2-14-15(11-18(14)6-10-20(12-18)17(23)24)19-7-3-13(4-8-19)21-9-5-16(21)22/h13-15H,2-12H2,1H3,(H,23,24). The molecule has 6 nitrogen and oxygen atoms in total. The summed E-state index contributed by atoms with van der Waals surface area (Å²) in [6.07, 6.45) is 5.52. The normalized spacial score (nSPS) is 37.6. The molecule has 0 radical (unpaired) electrons. The fourth-order valence-corrected chi connectivity index (χ4v) is 5.82. The van der Waals surface area contributed by atoms with Gasteiger partial charge in [0.1, 0.15) is 0 Å². The van der Waals surface area contributed by atoms with E-state index in [1.165, 1.54) is 0 Å². The number of β-lactam (4-membered cyclic amide) rings is 1. The Kier molecular flexibility index (Phi) is 3.98. The Morgan fingerprint density at radius 1 is 1.25 bits per heavy atom. The Bertz CT molecular complexity index is 532. The first kappa shape index (κ1) is 16.2. The second-order valence-electron chi connectivity index (χ2n) is 8.21. The Hall–Kier alpha value is -1.30. The van der Waals surface area contributed by atoms with E-state index in [1.54, 1.807) is 4.90 Å². The van der Waals surface area contributed by atoms with Gasteiger partial charge in [0.05, 0.1) is 0 Å². The molecule has 1 saturated carbocycles. The SMILES string of the molecule is CCC1C(N2CCC(N3CCC3=O)CC2)CC12CCN(C(=O)O)C2. The van der Waals surface area contributed by atoms with Crippen molar-refractivity contribution in [2.75, 3.05) is 32.7 Å². The van der Waals surface area contributed by atoms with E-state index in [1.807, 2.05) is 0 Å². The Balaban J connectivity index is 1.33. The molecular formula is C18H29N3O3. The third-order valence-electron chi connectivity index (χ3n) is 7.26. The molecule has 2 amide bonds. The molecule has 6 heteroatoms. The molecular weight excluding hydrogens is 306 g/mol. The molecule has 3 atom stereocenters. The van der Waals surface area contributed by atoms with Gasteiger partial charge >= 0.3 is 6.09 Å². The van der Waals surface area contributed by atoms with Gasteiger partial charge in [-0.1, -0.05) is 13.3 Å². The minimum atomic E-state index is -0.759. The fraction of sp³-hybridized carbons (Fsp3) is 0.889. The quantitative estimate of drug-likeness (QED) is 0.800. The van der Waals surface area contributed by atoms with Crippen LogP contribution in [0, 0.1) is 11.3 Å². The predicted molar refractivity (Wildman–Crippen MR) is 89.8 cm³/mol. The summed E-state index contributed by atoms with van der Waals surface area (Å²) in [5.74, 6) is 0.964. The number of nitrogens with zero attached hydrogens (tertiary/aromatic N) is 3. The summed E-state index contributed by atoms with van der Waals surface area (Å²) >= 11 is 0. The summed E-state index contributed by atoms with van der Waals surface area (Å²) in [5, 5.41) is 9.25. The first-order chi connectivity index (χ1) is 11.5. The number of hydrogen-bond acceptors (Lipinski definition) is 3. The fourth-order valence-electron chi connectivity index (χ4n) is 5.82. The lowest BCUT2D eigenvalue weighted by molar-refractivity contribution is -0.145. The van der Waals surface area contributed by atoms with Crippen molar-refractivity contribution in [3.05, 3.63) is 0 Å². The number of piperidine rings is 1. The molecule has 0 bridgehead atoms. The minimum absolute atomic E-state index is 0.238. The van der Waals surface area contributed by atoms with Gasteiger partial charge in [-0.2, -0.15) is 0 Å². The van der Waals surface area contributed by atoms with Crippen LogP contribution >= 0.6 is 0 Å². The van der Waals surface area contributed by atoms with E-state index in [0.29, 0.717) is 30.5 Å². The van der Waals surface area contributed by atoms with E-state index in [0.717, 1.165) is 64.7 Å². The van der Waals surface area contributed by atoms with Gasteiger partial charge in [0, 0.05) is 51.2 Å². The summed E-state index contributed by atoms with van der Waals surface area (Å²) in [6, 6.07) is 1.09. The molecule has 0 aromatic carbocycles. The van der Waals surface area contributed by atoms with Crippen molar-refractivity contribution >= 4 is 12.0 Å². The minimum Gasteiger partial charge on any atom is -0.465 e. The van der Waals surface area contributed by atoms with Crippen molar-refractivity contribution in [3.63, 3.8) is 0 Å². The van der Waals surface area contributed by atoms with Gasteiger partial charge in [0.25, 0.3) is 0 Å². The summed E-state index contributed by atoms with van der Waals surface area (Å²) in [4.78, 5) is 29.2. The van der Waals surface area contributed by atoms with E-state index in [2.05, 4.69) is 16.7 Å². The summed E-state index contributed by atoms with van der Waals surface area (Å²) < 4.78 is 0. The second-order valence-corrected chi connectivity index (χ2v) is 8.21. The average Bonchev–Trinajstić information content (AvgIpc) is 3.00. The number of carbonyl (C=O) groups is 2. The van der Waals surface area contributed by atoms with Crippen LogP contribution in [0.4, 0.5) is 4.79 Å². The monoisotopic (exact) mass is 335 g/mol. The number of carbonyl (C=O) groups excluding carboxylic acids is 1. The molecule has 1 spiro atoms. The van der Waals surface area contributed by atoms with Crippen molar-refractivity contribution in [3.8, 4) is 0 Å². The van der Waals surface area contributed by atoms with Gasteiger partial charge in [-0.05, 0) is 37.0 Å². The Morgan fingerprint density at radius 3 is 2.50 bits per heavy atom. The van der Waals surface area contributed by atoms with Crippen molar-refractivity contribution in [2.24, 2.45) is 11.3 Å². The lowest BCUT2D eigenvalue weighted by atomic mass is 9.54. The Labute approximate surface area is 143 Å². The first-order valence-corrected chi connectivity index (χ1v) is 9.55. The number of amides is 2. The number of rotatable bonds is 3. The smallest absolute Gasteiger partial charge is 0.407 e. The van der Waals surface area contributed by atoms with Crippen molar-refractivity contribution in [2.45, 2.75) is 57.5 Å². The molecule has 4 rings (SSSR count). The lowest BCUT2D eigenvalue weighted by Crippen LogP contribution is -2.63. The van der Waals surface area contributed by atoms with Crippen molar-refractivity contribution in [1.29, 1.82) is 0 Å². The van der Waals surface area contributed by atoms with E-state index in [4.69, 9.17) is 0 Å². The van der Waals surface area contributed by atoms with Crippen LogP contribution in [-0.2, 0) is 4.79 Å². The van der Waals surface area contributed by atoms with Gasteiger partial charge < -0.3 is 14.9 Å². The third-order valence-corrected chi connectivity index (χ3v) is 7.26. The van der Waals surface area contributed by atoms with Crippen LogP contribution in [0.1, 0.15) is 45.4 Å². The highest BCUT2D eigenvalue weighted by Gasteiger charge is 2.58. The van der Waals surface area contributed by atoms with Crippen LogP contribution < -0.4 is 0 Å². The maximum atomic E-state index is 11.6. The zero-order valence-electron chi connectivity index (χ0n) is 14.6. The van der Waals surface area contributed by atoms with E-state index >= 15 is 0 Å². The summed E-state index contributed by atoms with van der Waals surface area (Å²) in [5.41, 5.74) is 0.238. The predicted octanol–water partition coefficient (Wildman–Crippen LogP) is 1.85. The van der Waals surface area contributed by atoms with Gasteiger partial charge in [-0.15, -0.1) is 0 Å². The average molecular weight is 335 g/mol. The highest BCUT2D eigenvalue weighted by molar-refractivity contribution is 5.82. The van der Waals surface area contributed by atoms with Gasteiger partial charge in [0.2, 0.25) is 5.91 Å². The zero-order chi connectivity index (χ0) is 16.9. The Morgan fingerprint density at radius 2 is 2.00 bits per heavy atom. The number of hydrogen-bond donors (Lipinski definition) is 1. The van der Waals surface area contributed by atoms with Crippen molar-refractivity contribution < 1.29 is 14.7 Å². The summed E-state index contributed by atoms with van der Waals surface area (Å²) in [7, 11) is 0. The molecule has 24 heavy (non-hydrogen) atoms. The van der Waals surface area contributed by atoms with E-state index < -0.39 is 6.09 Å². The molecule has 3 aliphatic heterocycles. The van der Waals surface area contributed by atoms with Gasteiger partial charge in [0.15, 0.2) is 0 Å². The number of likely N-dealkylation sites (tertiary alicyclic amines) is 3. The number of carboxylic acid groups (broad SMARTS) is 1. The van der Waals surface area contributed by atoms with Gasteiger partial charge in [-0.25, -0.2) is 4.79 Å². The third kappa shape index (κ3) is 2.41. The molecule has 0 aromatic rings. The second kappa shape index (κ2) is 5.90. The molecule has 3 heterocycles. The van der Waals surface area contributed by atoms with Crippen LogP contribution in [0.2, 0.25) is 0 Å². The molecule has 3 saturated heterocycles. The topological polar surface area (TPSA) is 64.1 Å². The van der Waals surface area contributed by atoms with E-state index in [-0.39, 0.29) is 5.41 Å². The van der Waals surface area contributed by atoms with Crippen LogP contribution in [0.3, 0.4) is 0 Å². The summed E-state index contributed by atoms with van der Waals surface area (Å²) in [6.45, 7) is 6.84. The molecule has 0 aromatic heterocycles. The largest absolute Gasteiger partial charge is 0.465 e. The maximum Gasteiger partial charge on any atom is 0.407 e. The molecule has 134 valence electrons. The first-order valence-electron chi connectivity index (χ1n) is 9.55. The highest BCUT2D eigenvalue weighted by Crippen LogP contribution is 2.56. The van der Waals surface area contributed by atoms with Crippen LogP contribution in [-0.4, -0.2) is 76.6 Å².